The Balaban J connectivity index is 1.40. The lowest BCUT2D eigenvalue weighted by Crippen LogP contribution is -2.48. The summed E-state index contributed by atoms with van der Waals surface area (Å²) in [5, 5.41) is 2.85. The highest BCUT2D eigenvalue weighted by Crippen LogP contribution is 2.24. The van der Waals surface area contributed by atoms with E-state index in [1.807, 2.05) is 0 Å². The van der Waals surface area contributed by atoms with E-state index in [0.717, 1.165) is 13.0 Å². The zero-order valence-electron chi connectivity index (χ0n) is 18.8. The molecule has 2 aliphatic rings. The summed E-state index contributed by atoms with van der Waals surface area (Å²) >= 11 is 0. The van der Waals surface area contributed by atoms with Crippen LogP contribution in [0.1, 0.15) is 30.1 Å². The van der Waals surface area contributed by atoms with Crippen LogP contribution in [-0.4, -0.2) is 80.2 Å². The average molecular weight is 475 g/mol. The van der Waals surface area contributed by atoms with Gasteiger partial charge >= 0.3 is 0 Å². The minimum Gasteiger partial charge on any atom is -0.472 e. The summed E-state index contributed by atoms with van der Waals surface area (Å²) in [7, 11) is -3.63. The summed E-state index contributed by atoms with van der Waals surface area (Å²) in [4.78, 5) is 29.6. The lowest BCUT2D eigenvalue weighted by Gasteiger charge is -2.33. The van der Waals surface area contributed by atoms with Crippen molar-refractivity contribution in [1.82, 2.24) is 14.1 Å². The first-order valence-electron chi connectivity index (χ1n) is 11.3. The zero-order chi connectivity index (χ0) is 23.4. The van der Waals surface area contributed by atoms with Crippen LogP contribution in [0.15, 0.2) is 52.2 Å². The third-order valence-electron chi connectivity index (χ3n) is 6.37. The molecule has 178 valence electrons. The van der Waals surface area contributed by atoms with Gasteiger partial charge in [0.15, 0.2) is 0 Å². The second kappa shape index (κ2) is 10.1. The predicted octanol–water partition coefficient (Wildman–Crippen LogP) is 2.10. The molecule has 1 aromatic heterocycles. The topological polar surface area (TPSA) is 103 Å². The fourth-order valence-corrected chi connectivity index (χ4v) is 5.83. The van der Waals surface area contributed by atoms with E-state index in [1.54, 1.807) is 29.2 Å². The van der Waals surface area contributed by atoms with Crippen molar-refractivity contribution in [2.24, 2.45) is 5.92 Å². The molecule has 0 radical (unpaired) electrons. The number of benzene rings is 1. The van der Waals surface area contributed by atoms with Gasteiger partial charge in [0.1, 0.15) is 6.26 Å². The lowest BCUT2D eigenvalue weighted by atomic mass is 9.96. The molecule has 2 saturated heterocycles. The summed E-state index contributed by atoms with van der Waals surface area (Å²) in [5.74, 6) is -0.736. The van der Waals surface area contributed by atoms with Crippen molar-refractivity contribution in [3.63, 3.8) is 0 Å². The van der Waals surface area contributed by atoms with Crippen molar-refractivity contribution in [3.8, 4) is 0 Å². The molecule has 2 aromatic rings. The van der Waals surface area contributed by atoms with E-state index in [4.69, 9.17) is 4.42 Å². The van der Waals surface area contributed by atoms with Gasteiger partial charge in [0, 0.05) is 45.0 Å². The van der Waals surface area contributed by atoms with Gasteiger partial charge in [-0.05, 0) is 43.7 Å². The number of hydrogen-bond donors (Lipinski definition) is 1. The second-order valence-corrected chi connectivity index (χ2v) is 10.4. The number of likely N-dealkylation sites (N-methyl/N-ethyl adjacent to an activating group) is 1. The number of furan rings is 1. The Morgan fingerprint density at radius 2 is 1.91 bits per heavy atom. The molecule has 10 heteroatoms. The van der Waals surface area contributed by atoms with Crippen molar-refractivity contribution in [2.75, 3.05) is 51.1 Å². The molecule has 9 nitrogen and oxygen atoms in total. The molecule has 1 N–H and O–H groups in total. The van der Waals surface area contributed by atoms with Crippen molar-refractivity contribution in [1.29, 1.82) is 0 Å². The van der Waals surface area contributed by atoms with E-state index in [0.29, 0.717) is 56.9 Å². The number of rotatable bonds is 6. The van der Waals surface area contributed by atoms with Gasteiger partial charge in [-0.1, -0.05) is 13.0 Å². The maximum Gasteiger partial charge on any atom is 0.257 e. The standard InChI is InChI=1S/C23H30N4O5S/c1-2-25-10-12-27(13-11-25)33(30,31)21-7-3-6-20(15-21)24-22(28)18-5-4-9-26(16-18)23(29)19-8-14-32-17-19/h3,6-8,14-15,17-18H,2,4-5,9-13,16H2,1H3,(H,24,28). The van der Waals surface area contributed by atoms with Crippen molar-refractivity contribution in [3.05, 3.63) is 48.4 Å². The van der Waals surface area contributed by atoms with Gasteiger partial charge in [-0.15, -0.1) is 0 Å². The highest BCUT2D eigenvalue weighted by molar-refractivity contribution is 7.89. The van der Waals surface area contributed by atoms with Crippen LogP contribution in [0.2, 0.25) is 0 Å². The maximum atomic E-state index is 13.1. The highest BCUT2D eigenvalue weighted by atomic mass is 32.2. The SMILES string of the molecule is CCN1CCN(S(=O)(=O)c2cccc(NC(=O)C3CCCN(C(=O)c4ccoc4)C3)c2)CC1. The van der Waals surface area contributed by atoms with Gasteiger partial charge < -0.3 is 19.5 Å². The van der Waals surface area contributed by atoms with E-state index >= 15 is 0 Å². The molecule has 3 heterocycles. The highest BCUT2D eigenvalue weighted by Gasteiger charge is 2.31. The van der Waals surface area contributed by atoms with Gasteiger partial charge in [0.2, 0.25) is 15.9 Å². The molecule has 1 unspecified atom stereocenters. The molecule has 4 rings (SSSR count). The Hall–Kier alpha value is -2.69. The molecule has 0 spiro atoms. The molecule has 1 aromatic carbocycles. The van der Waals surface area contributed by atoms with Crippen LogP contribution in [-0.2, 0) is 14.8 Å². The number of anilines is 1. The summed E-state index contributed by atoms with van der Waals surface area (Å²) in [6, 6.07) is 8.00. The van der Waals surface area contributed by atoms with E-state index < -0.39 is 10.0 Å². The van der Waals surface area contributed by atoms with E-state index in [1.165, 1.54) is 22.9 Å². The minimum atomic E-state index is -3.63. The molecular formula is C23H30N4O5S. The van der Waals surface area contributed by atoms with Crippen LogP contribution < -0.4 is 5.32 Å². The van der Waals surface area contributed by atoms with Gasteiger partial charge in [0.05, 0.1) is 22.6 Å². The van der Waals surface area contributed by atoms with Crippen LogP contribution in [0.25, 0.3) is 0 Å². The van der Waals surface area contributed by atoms with Gasteiger partial charge in [0.25, 0.3) is 5.91 Å². The number of sulfonamides is 1. The number of nitrogens with one attached hydrogen (secondary N) is 1. The van der Waals surface area contributed by atoms with E-state index in [-0.39, 0.29) is 22.6 Å². The minimum absolute atomic E-state index is 0.155. The second-order valence-electron chi connectivity index (χ2n) is 8.46. The number of carbonyl (C=O) groups excluding carboxylic acids is 2. The number of hydrogen-bond acceptors (Lipinski definition) is 6. The van der Waals surface area contributed by atoms with Crippen molar-refractivity contribution in [2.45, 2.75) is 24.7 Å². The normalized spacial score (nSPS) is 20.5. The monoisotopic (exact) mass is 474 g/mol. The van der Waals surface area contributed by atoms with Crippen LogP contribution in [0.5, 0.6) is 0 Å². The number of piperazine rings is 1. The number of carbonyl (C=O) groups is 2. The Bertz CT molecular complexity index is 1080. The van der Waals surface area contributed by atoms with Crippen LogP contribution in [0, 0.1) is 5.92 Å². The maximum absolute atomic E-state index is 13.1. The Labute approximate surface area is 194 Å². The largest absolute Gasteiger partial charge is 0.472 e. The molecule has 2 fully saturated rings. The molecule has 0 bridgehead atoms. The van der Waals surface area contributed by atoms with Crippen molar-refractivity contribution >= 4 is 27.5 Å². The van der Waals surface area contributed by atoms with E-state index in [9.17, 15) is 18.0 Å². The zero-order valence-corrected chi connectivity index (χ0v) is 19.6. The molecule has 2 amide bonds. The van der Waals surface area contributed by atoms with E-state index in [2.05, 4.69) is 17.1 Å². The summed E-state index contributed by atoms with van der Waals surface area (Å²) in [6.45, 7) is 6.20. The number of likely N-dealkylation sites (tertiary alicyclic amines) is 1. The van der Waals surface area contributed by atoms with Crippen LogP contribution in [0.3, 0.4) is 0 Å². The molecular weight excluding hydrogens is 444 g/mol. The third kappa shape index (κ3) is 5.29. The summed E-state index contributed by atoms with van der Waals surface area (Å²) < 4.78 is 32.7. The first-order chi connectivity index (χ1) is 15.9. The first-order valence-corrected chi connectivity index (χ1v) is 12.8. The Kier molecular flexibility index (Phi) is 7.16. The third-order valence-corrected chi connectivity index (χ3v) is 8.26. The molecule has 33 heavy (non-hydrogen) atoms. The molecule has 2 aliphatic heterocycles. The van der Waals surface area contributed by atoms with Crippen LogP contribution >= 0.6 is 0 Å². The quantitative estimate of drug-likeness (QED) is 0.688. The van der Waals surface area contributed by atoms with Crippen LogP contribution in [0.4, 0.5) is 5.69 Å². The summed E-state index contributed by atoms with van der Waals surface area (Å²) in [5.41, 5.74) is 0.903. The molecule has 0 saturated carbocycles. The Morgan fingerprint density at radius 1 is 1.12 bits per heavy atom. The lowest BCUT2D eigenvalue weighted by molar-refractivity contribution is -0.121. The summed E-state index contributed by atoms with van der Waals surface area (Å²) in [6.07, 6.45) is 4.24. The first kappa shape index (κ1) is 23.5. The average Bonchev–Trinajstić information content (AvgIpc) is 3.39. The van der Waals surface area contributed by atoms with Gasteiger partial charge in [-0.2, -0.15) is 4.31 Å². The molecule has 0 aliphatic carbocycles. The fraction of sp³-hybridized carbons (Fsp3) is 0.478. The van der Waals surface area contributed by atoms with Crippen molar-refractivity contribution < 1.29 is 22.4 Å². The fourth-order valence-electron chi connectivity index (χ4n) is 4.36. The molecule has 1 atom stereocenters. The number of piperidine rings is 1. The number of amides is 2. The Morgan fingerprint density at radius 3 is 2.61 bits per heavy atom. The smallest absolute Gasteiger partial charge is 0.257 e. The number of nitrogens with zero attached hydrogens (tertiary/aromatic N) is 3. The van der Waals surface area contributed by atoms with Gasteiger partial charge in [-0.25, -0.2) is 8.42 Å². The predicted molar refractivity (Wildman–Crippen MR) is 123 cm³/mol. The van der Waals surface area contributed by atoms with Gasteiger partial charge in [-0.3, -0.25) is 9.59 Å².